The van der Waals surface area contributed by atoms with Crippen molar-refractivity contribution in [3.8, 4) is 0 Å². The molecule has 0 radical (unpaired) electrons. The smallest absolute Gasteiger partial charge is 0.319 e. The lowest BCUT2D eigenvalue weighted by Crippen LogP contribution is -2.23. The van der Waals surface area contributed by atoms with Crippen LogP contribution in [0.2, 0.25) is 0 Å². The minimum Gasteiger partial charge on any atom is -0.468 e. The van der Waals surface area contributed by atoms with Crippen molar-refractivity contribution in [1.29, 1.82) is 0 Å². The molecule has 2 rings (SSSR count). The van der Waals surface area contributed by atoms with E-state index in [9.17, 15) is 4.79 Å². The molecule has 1 aromatic carbocycles. The van der Waals surface area contributed by atoms with E-state index in [-0.39, 0.29) is 12.5 Å². The van der Waals surface area contributed by atoms with Crippen molar-refractivity contribution in [2.45, 2.75) is 20.0 Å². The topological polar surface area (TPSA) is 56.2 Å². The summed E-state index contributed by atoms with van der Waals surface area (Å²) < 4.78 is 6.54. The van der Waals surface area contributed by atoms with Crippen molar-refractivity contribution in [2.24, 2.45) is 0 Å². The quantitative estimate of drug-likeness (QED) is 0.810. The van der Waals surface area contributed by atoms with Gasteiger partial charge in [0.05, 0.1) is 24.9 Å². The normalized spacial score (nSPS) is 10.8. The second-order valence-electron chi connectivity index (χ2n) is 3.96. The molecule has 0 aliphatic carbocycles. The Morgan fingerprint density at radius 2 is 2.22 bits per heavy atom. The number of nitrogens with one attached hydrogen (secondary N) is 1. The maximum atomic E-state index is 11.0. The van der Waals surface area contributed by atoms with Gasteiger partial charge in [-0.15, -0.1) is 0 Å². The Morgan fingerprint density at radius 3 is 2.94 bits per heavy atom. The van der Waals surface area contributed by atoms with Crippen LogP contribution < -0.4 is 5.32 Å². The molecule has 0 saturated carbocycles. The first-order valence-corrected chi connectivity index (χ1v) is 5.98. The largest absolute Gasteiger partial charge is 0.468 e. The number of methoxy groups -OCH3 is 1. The highest BCUT2D eigenvalue weighted by molar-refractivity contribution is 5.82. The zero-order valence-electron chi connectivity index (χ0n) is 10.6. The third-order valence-electron chi connectivity index (χ3n) is 2.82. The SMILES string of the molecule is CCn1nc(CNCC(=O)OC)c2ccccc21. The summed E-state index contributed by atoms with van der Waals surface area (Å²) in [6.07, 6.45) is 0. The highest BCUT2D eigenvalue weighted by Gasteiger charge is 2.09. The fourth-order valence-electron chi connectivity index (χ4n) is 1.92. The summed E-state index contributed by atoms with van der Waals surface area (Å²) in [5.74, 6) is -0.269. The van der Waals surface area contributed by atoms with Crippen LogP contribution >= 0.6 is 0 Å². The number of rotatable bonds is 5. The fraction of sp³-hybridized carbons (Fsp3) is 0.385. The number of esters is 1. The van der Waals surface area contributed by atoms with Gasteiger partial charge in [0.1, 0.15) is 0 Å². The summed E-state index contributed by atoms with van der Waals surface area (Å²) in [5, 5.41) is 8.69. The van der Waals surface area contributed by atoms with Gasteiger partial charge in [0, 0.05) is 18.5 Å². The third kappa shape index (κ3) is 2.51. The second kappa shape index (κ2) is 5.64. The van der Waals surface area contributed by atoms with Crippen molar-refractivity contribution in [1.82, 2.24) is 15.1 Å². The lowest BCUT2D eigenvalue weighted by Gasteiger charge is -2.01. The van der Waals surface area contributed by atoms with Crippen molar-refractivity contribution >= 4 is 16.9 Å². The maximum Gasteiger partial charge on any atom is 0.319 e. The van der Waals surface area contributed by atoms with Gasteiger partial charge < -0.3 is 10.1 Å². The molecule has 0 bridgehead atoms. The number of aromatic nitrogens is 2. The molecule has 0 unspecified atom stereocenters. The summed E-state index contributed by atoms with van der Waals surface area (Å²) in [5.41, 5.74) is 2.08. The number of hydrogen-bond donors (Lipinski definition) is 1. The van der Waals surface area contributed by atoms with Crippen LogP contribution in [0.15, 0.2) is 24.3 Å². The minimum atomic E-state index is -0.269. The standard InChI is InChI=1S/C13H17N3O2/c1-3-16-12-7-5-4-6-10(12)11(15-16)8-14-9-13(17)18-2/h4-7,14H,3,8-9H2,1-2H3. The molecule has 5 heteroatoms. The highest BCUT2D eigenvalue weighted by Crippen LogP contribution is 2.17. The fourth-order valence-corrected chi connectivity index (χ4v) is 1.92. The molecule has 0 fully saturated rings. The molecule has 1 aromatic heterocycles. The van der Waals surface area contributed by atoms with E-state index in [1.165, 1.54) is 7.11 Å². The van der Waals surface area contributed by atoms with Crippen molar-refractivity contribution in [2.75, 3.05) is 13.7 Å². The molecular formula is C13H17N3O2. The number of benzene rings is 1. The summed E-state index contributed by atoms with van der Waals surface area (Å²) in [7, 11) is 1.38. The van der Waals surface area contributed by atoms with Gasteiger partial charge in [0.2, 0.25) is 0 Å². The molecule has 1 heterocycles. The Morgan fingerprint density at radius 1 is 1.44 bits per heavy atom. The van der Waals surface area contributed by atoms with Gasteiger partial charge in [-0.1, -0.05) is 18.2 Å². The van der Waals surface area contributed by atoms with Crippen molar-refractivity contribution in [3.05, 3.63) is 30.0 Å². The molecule has 1 N–H and O–H groups in total. The van der Waals surface area contributed by atoms with Gasteiger partial charge >= 0.3 is 5.97 Å². The van der Waals surface area contributed by atoms with E-state index in [1.54, 1.807) is 0 Å². The Kier molecular flexibility index (Phi) is 3.94. The van der Waals surface area contributed by atoms with Crippen LogP contribution in [0, 0.1) is 0 Å². The molecule has 0 atom stereocenters. The van der Waals surface area contributed by atoms with E-state index in [0.717, 1.165) is 23.1 Å². The van der Waals surface area contributed by atoms with E-state index in [1.807, 2.05) is 22.9 Å². The van der Waals surface area contributed by atoms with Crippen LogP contribution in [0.1, 0.15) is 12.6 Å². The second-order valence-corrected chi connectivity index (χ2v) is 3.96. The summed E-state index contributed by atoms with van der Waals surface area (Å²) in [6.45, 7) is 3.65. The van der Waals surface area contributed by atoms with Crippen LogP contribution in [0.4, 0.5) is 0 Å². The van der Waals surface area contributed by atoms with Gasteiger partial charge in [0.15, 0.2) is 0 Å². The van der Waals surface area contributed by atoms with Crippen LogP contribution in [-0.4, -0.2) is 29.4 Å². The maximum absolute atomic E-state index is 11.0. The average Bonchev–Trinajstić information content (AvgIpc) is 2.77. The van der Waals surface area contributed by atoms with Crippen LogP contribution in [-0.2, 0) is 22.6 Å². The number of carbonyl (C=O) groups excluding carboxylic acids is 1. The Bertz CT molecular complexity index is 548. The van der Waals surface area contributed by atoms with E-state index < -0.39 is 0 Å². The predicted molar refractivity (Wildman–Crippen MR) is 69.1 cm³/mol. The number of fused-ring (bicyclic) bond motifs is 1. The lowest BCUT2D eigenvalue weighted by atomic mass is 10.2. The van der Waals surface area contributed by atoms with Gasteiger partial charge in [-0.2, -0.15) is 5.10 Å². The molecule has 0 amide bonds. The third-order valence-corrected chi connectivity index (χ3v) is 2.82. The van der Waals surface area contributed by atoms with Gasteiger partial charge in [-0.05, 0) is 13.0 Å². The molecule has 0 aliphatic rings. The van der Waals surface area contributed by atoms with Crippen LogP contribution in [0.3, 0.4) is 0 Å². The summed E-state index contributed by atoms with van der Waals surface area (Å²) in [4.78, 5) is 11.0. The molecule has 2 aromatic rings. The summed E-state index contributed by atoms with van der Waals surface area (Å²) in [6, 6.07) is 8.09. The van der Waals surface area contributed by atoms with Crippen molar-refractivity contribution in [3.63, 3.8) is 0 Å². The monoisotopic (exact) mass is 247 g/mol. The van der Waals surface area contributed by atoms with E-state index in [0.29, 0.717) is 6.54 Å². The zero-order valence-corrected chi connectivity index (χ0v) is 10.6. The van der Waals surface area contributed by atoms with Crippen LogP contribution in [0.25, 0.3) is 10.9 Å². The summed E-state index contributed by atoms with van der Waals surface area (Å²) >= 11 is 0. The lowest BCUT2D eigenvalue weighted by molar-refractivity contribution is -0.139. The first-order valence-electron chi connectivity index (χ1n) is 5.98. The Balaban J connectivity index is 2.15. The van der Waals surface area contributed by atoms with E-state index in [4.69, 9.17) is 0 Å². The average molecular weight is 247 g/mol. The number of para-hydroxylation sites is 1. The van der Waals surface area contributed by atoms with Crippen molar-refractivity contribution < 1.29 is 9.53 Å². The first kappa shape index (κ1) is 12.6. The molecule has 96 valence electrons. The predicted octanol–water partition coefficient (Wildman–Crippen LogP) is 1.32. The number of ether oxygens (including phenoxy) is 1. The van der Waals surface area contributed by atoms with Gasteiger partial charge in [-0.3, -0.25) is 9.48 Å². The van der Waals surface area contributed by atoms with Gasteiger partial charge in [0.25, 0.3) is 0 Å². The minimum absolute atomic E-state index is 0.198. The number of nitrogens with zero attached hydrogens (tertiary/aromatic N) is 2. The van der Waals surface area contributed by atoms with E-state index >= 15 is 0 Å². The number of aryl methyl sites for hydroxylation is 1. The van der Waals surface area contributed by atoms with Crippen LogP contribution in [0.5, 0.6) is 0 Å². The zero-order chi connectivity index (χ0) is 13.0. The van der Waals surface area contributed by atoms with E-state index in [2.05, 4.69) is 28.1 Å². The molecular weight excluding hydrogens is 230 g/mol. The van der Waals surface area contributed by atoms with Gasteiger partial charge in [-0.25, -0.2) is 0 Å². The highest BCUT2D eigenvalue weighted by atomic mass is 16.5. The molecule has 0 saturated heterocycles. The first-order chi connectivity index (χ1) is 8.76. The molecule has 18 heavy (non-hydrogen) atoms. The molecule has 0 aliphatic heterocycles. The molecule has 0 spiro atoms. The number of hydrogen-bond acceptors (Lipinski definition) is 4. The number of carbonyl (C=O) groups is 1. The Labute approximate surface area is 106 Å². The Hall–Kier alpha value is -1.88. The molecule has 5 nitrogen and oxygen atoms in total.